The van der Waals surface area contributed by atoms with Crippen LogP contribution in [0.1, 0.15) is 21.9 Å². The summed E-state index contributed by atoms with van der Waals surface area (Å²) >= 11 is 0. The van der Waals surface area contributed by atoms with Gasteiger partial charge in [-0.1, -0.05) is 6.08 Å². The Labute approximate surface area is 81.8 Å². The minimum Gasteiger partial charge on any atom is -0.475 e. The number of ether oxygens (including phenoxy) is 1. The van der Waals surface area contributed by atoms with Crippen LogP contribution in [0.4, 0.5) is 0 Å². The van der Waals surface area contributed by atoms with Crippen LogP contribution < -0.4 is 0 Å². The maximum Gasteiger partial charge on any atom is 0.372 e. The Kier molecular flexibility index (Phi) is 3.48. The van der Waals surface area contributed by atoms with Gasteiger partial charge in [0.2, 0.25) is 5.76 Å². The van der Waals surface area contributed by atoms with Crippen LogP contribution >= 0.6 is 0 Å². The fraction of sp³-hybridized carbons (Fsp3) is 0.300. The summed E-state index contributed by atoms with van der Waals surface area (Å²) in [7, 11) is 0. The normalized spacial score (nSPS) is 10.1. The molecule has 1 heterocycles. The standard InChI is InChI=1S/C10H12O4/c1-3-4-13-6-8-5-7(2)9(14-8)10(11)12/h3,5H,1,4,6H2,2H3,(H,11,12). The fourth-order valence-electron chi connectivity index (χ4n) is 1.07. The molecule has 1 rings (SSSR count). The molecule has 0 aromatic carbocycles. The van der Waals surface area contributed by atoms with Gasteiger partial charge in [-0.15, -0.1) is 6.58 Å². The smallest absolute Gasteiger partial charge is 0.372 e. The van der Waals surface area contributed by atoms with Crippen molar-refractivity contribution < 1.29 is 19.1 Å². The maximum atomic E-state index is 10.6. The second-order valence-corrected chi connectivity index (χ2v) is 2.83. The van der Waals surface area contributed by atoms with Gasteiger partial charge in [0.05, 0.1) is 6.61 Å². The fourth-order valence-corrected chi connectivity index (χ4v) is 1.07. The third kappa shape index (κ3) is 2.47. The summed E-state index contributed by atoms with van der Waals surface area (Å²) in [6, 6.07) is 1.66. The Morgan fingerprint density at radius 2 is 2.50 bits per heavy atom. The molecule has 4 nitrogen and oxygen atoms in total. The molecular weight excluding hydrogens is 184 g/mol. The summed E-state index contributed by atoms with van der Waals surface area (Å²) < 4.78 is 10.2. The molecule has 1 aromatic rings. The van der Waals surface area contributed by atoms with E-state index in [1.54, 1.807) is 19.1 Å². The molecule has 0 aliphatic carbocycles. The molecule has 0 aliphatic rings. The van der Waals surface area contributed by atoms with Gasteiger partial charge in [0.15, 0.2) is 0 Å². The molecule has 0 atom stereocenters. The van der Waals surface area contributed by atoms with E-state index in [4.69, 9.17) is 14.3 Å². The minimum atomic E-state index is -1.06. The van der Waals surface area contributed by atoms with E-state index in [2.05, 4.69) is 6.58 Å². The van der Waals surface area contributed by atoms with Crippen LogP contribution in [0.15, 0.2) is 23.1 Å². The molecule has 0 radical (unpaired) electrons. The Bertz CT molecular complexity index is 338. The lowest BCUT2D eigenvalue weighted by Crippen LogP contribution is -1.95. The first-order chi connectivity index (χ1) is 6.65. The number of hydrogen-bond acceptors (Lipinski definition) is 3. The third-order valence-electron chi connectivity index (χ3n) is 1.64. The highest BCUT2D eigenvalue weighted by Crippen LogP contribution is 2.15. The molecule has 0 saturated carbocycles. The van der Waals surface area contributed by atoms with Crippen LogP contribution in [0.2, 0.25) is 0 Å². The van der Waals surface area contributed by atoms with E-state index in [1.165, 1.54) is 0 Å². The topological polar surface area (TPSA) is 59.7 Å². The van der Waals surface area contributed by atoms with Gasteiger partial charge in [0, 0.05) is 5.56 Å². The number of hydrogen-bond donors (Lipinski definition) is 1. The summed E-state index contributed by atoms with van der Waals surface area (Å²) in [5, 5.41) is 8.70. The van der Waals surface area contributed by atoms with Crippen molar-refractivity contribution in [1.29, 1.82) is 0 Å². The number of furan rings is 1. The number of carboxylic acids is 1. The Morgan fingerprint density at radius 1 is 1.79 bits per heavy atom. The number of carbonyl (C=O) groups is 1. The zero-order valence-corrected chi connectivity index (χ0v) is 7.95. The van der Waals surface area contributed by atoms with Crippen LogP contribution in [0.25, 0.3) is 0 Å². The maximum absolute atomic E-state index is 10.6. The summed E-state index contributed by atoms with van der Waals surface area (Å²) in [6.07, 6.45) is 1.62. The minimum absolute atomic E-state index is 0.0257. The van der Waals surface area contributed by atoms with E-state index >= 15 is 0 Å². The molecule has 0 fully saturated rings. The average Bonchev–Trinajstić information content (AvgIpc) is 2.47. The molecule has 0 saturated heterocycles. The molecule has 0 aliphatic heterocycles. The molecule has 4 heteroatoms. The van der Waals surface area contributed by atoms with Crippen LogP contribution in [0.5, 0.6) is 0 Å². The van der Waals surface area contributed by atoms with Gasteiger partial charge in [0.1, 0.15) is 12.4 Å². The molecule has 0 amide bonds. The average molecular weight is 196 g/mol. The van der Waals surface area contributed by atoms with E-state index in [0.717, 1.165) is 0 Å². The number of aromatic carboxylic acids is 1. The lowest BCUT2D eigenvalue weighted by molar-refractivity contribution is 0.0651. The summed E-state index contributed by atoms with van der Waals surface area (Å²) in [5.74, 6) is -0.568. The Balaban J connectivity index is 2.66. The molecule has 14 heavy (non-hydrogen) atoms. The first-order valence-corrected chi connectivity index (χ1v) is 4.16. The van der Waals surface area contributed by atoms with E-state index in [1.807, 2.05) is 0 Å². The van der Waals surface area contributed by atoms with Crippen molar-refractivity contribution in [2.24, 2.45) is 0 Å². The van der Waals surface area contributed by atoms with E-state index in [0.29, 0.717) is 17.9 Å². The van der Waals surface area contributed by atoms with Gasteiger partial charge in [0.25, 0.3) is 0 Å². The first-order valence-electron chi connectivity index (χ1n) is 4.16. The van der Waals surface area contributed by atoms with Crippen LogP contribution in [0, 0.1) is 6.92 Å². The van der Waals surface area contributed by atoms with Crippen molar-refractivity contribution in [1.82, 2.24) is 0 Å². The Morgan fingerprint density at radius 3 is 3.00 bits per heavy atom. The molecular formula is C10H12O4. The lowest BCUT2D eigenvalue weighted by Gasteiger charge is -1.95. The van der Waals surface area contributed by atoms with Crippen molar-refractivity contribution in [2.45, 2.75) is 13.5 Å². The SMILES string of the molecule is C=CCOCc1cc(C)c(C(=O)O)o1. The third-order valence-corrected chi connectivity index (χ3v) is 1.64. The predicted octanol–water partition coefficient (Wildman–Crippen LogP) is 1.99. The first kappa shape index (κ1) is 10.5. The lowest BCUT2D eigenvalue weighted by atomic mass is 10.3. The quantitative estimate of drug-likeness (QED) is 0.578. The Hall–Kier alpha value is -1.55. The largest absolute Gasteiger partial charge is 0.475 e. The molecule has 76 valence electrons. The highest BCUT2D eigenvalue weighted by molar-refractivity contribution is 5.86. The monoisotopic (exact) mass is 196 g/mol. The summed E-state index contributed by atoms with van der Waals surface area (Å²) in [6.45, 7) is 5.86. The van der Waals surface area contributed by atoms with Gasteiger partial charge in [-0.25, -0.2) is 4.79 Å². The van der Waals surface area contributed by atoms with Crippen molar-refractivity contribution >= 4 is 5.97 Å². The number of aryl methyl sites for hydroxylation is 1. The molecule has 1 N–H and O–H groups in total. The molecule has 0 spiro atoms. The zero-order chi connectivity index (χ0) is 10.6. The van der Waals surface area contributed by atoms with E-state index < -0.39 is 5.97 Å². The predicted molar refractivity (Wildman–Crippen MR) is 50.3 cm³/mol. The van der Waals surface area contributed by atoms with Gasteiger partial charge in [-0.05, 0) is 13.0 Å². The van der Waals surface area contributed by atoms with Crippen molar-refractivity contribution in [3.63, 3.8) is 0 Å². The molecule has 1 aromatic heterocycles. The number of carboxylic acid groups (broad SMARTS) is 1. The van der Waals surface area contributed by atoms with Gasteiger partial charge in [-0.2, -0.15) is 0 Å². The summed E-state index contributed by atoms with van der Waals surface area (Å²) in [5.41, 5.74) is 0.606. The van der Waals surface area contributed by atoms with E-state index in [-0.39, 0.29) is 12.4 Å². The van der Waals surface area contributed by atoms with Gasteiger partial charge < -0.3 is 14.3 Å². The van der Waals surface area contributed by atoms with Gasteiger partial charge >= 0.3 is 5.97 Å². The second kappa shape index (κ2) is 4.62. The highest BCUT2D eigenvalue weighted by Gasteiger charge is 2.13. The highest BCUT2D eigenvalue weighted by atomic mass is 16.5. The van der Waals surface area contributed by atoms with Gasteiger partial charge in [-0.3, -0.25) is 0 Å². The van der Waals surface area contributed by atoms with Crippen molar-refractivity contribution in [3.8, 4) is 0 Å². The molecule has 0 unspecified atom stereocenters. The zero-order valence-electron chi connectivity index (χ0n) is 7.95. The number of rotatable bonds is 5. The van der Waals surface area contributed by atoms with Crippen LogP contribution in [-0.2, 0) is 11.3 Å². The van der Waals surface area contributed by atoms with E-state index in [9.17, 15) is 4.79 Å². The second-order valence-electron chi connectivity index (χ2n) is 2.83. The summed E-state index contributed by atoms with van der Waals surface area (Å²) in [4.78, 5) is 10.6. The molecule has 0 bridgehead atoms. The van der Waals surface area contributed by atoms with Crippen LogP contribution in [-0.4, -0.2) is 17.7 Å². The van der Waals surface area contributed by atoms with Crippen molar-refractivity contribution in [2.75, 3.05) is 6.61 Å². The van der Waals surface area contributed by atoms with Crippen LogP contribution in [0.3, 0.4) is 0 Å². The van der Waals surface area contributed by atoms with Crippen molar-refractivity contribution in [3.05, 3.63) is 35.8 Å².